The highest BCUT2D eigenvalue weighted by Crippen LogP contribution is 2.45. The molecule has 15 heteroatoms. The molecule has 5 atom stereocenters. The Morgan fingerprint density at radius 3 is 2.57 bits per heavy atom. The Balaban J connectivity index is 1.36. The first-order valence-corrected chi connectivity index (χ1v) is 17.9. The molecule has 5 unspecified atom stereocenters. The smallest absolute Gasteiger partial charge is 0.407 e. The molecule has 3 heterocycles. The number of alkyl carbamates (subject to hydrolysis) is 1. The Kier molecular flexibility index (Phi) is 9.69. The molecule has 2 aromatic heterocycles. The van der Waals surface area contributed by atoms with Crippen LogP contribution in [0.2, 0.25) is 0 Å². The van der Waals surface area contributed by atoms with Crippen LogP contribution in [0.1, 0.15) is 46.5 Å². The summed E-state index contributed by atoms with van der Waals surface area (Å²) in [7, 11) is -2.67. The van der Waals surface area contributed by atoms with Crippen LogP contribution in [0.5, 0.6) is 5.75 Å². The van der Waals surface area contributed by atoms with Crippen LogP contribution >= 0.6 is 11.3 Å². The van der Waals surface area contributed by atoms with Gasteiger partial charge in [-0.15, -0.1) is 6.58 Å². The Bertz CT molecular complexity index is 1640. The summed E-state index contributed by atoms with van der Waals surface area (Å²) in [4.78, 5) is 59.5. The highest BCUT2D eigenvalue weighted by atomic mass is 32.2. The number of nitrogens with one attached hydrogen (secondary N) is 3. The van der Waals surface area contributed by atoms with Gasteiger partial charge in [0.2, 0.25) is 21.8 Å². The summed E-state index contributed by atoms with van der Waals surface area (Å²) in [5.74, 6) is -2.14. The number of likely N-dealkylation sites (tertiary alicyclic amines) is 1. The minimum atomic E-state index is -3.86. The Hall–Kier alpha value is -3.98. The van der Waals surface area contributed by atoms with E-state index in [1.807, 2.05) is 22.9 Å². The SMILES string of the molecule is C=CC1CC1(NC(=O)C1CC(COc2ccnc(-c3ccsc3)c2)CN1C(=O)C(NC(=O)OC)C(C)(C)C)C(=O)NS(=O)(=O)C1CC1. The molecular weight excluding hydrogens is 647 g/mol. The van der Waals surface area contributed by atoms with Gasteiger partial charge >= 0.3 is 6.09 Å². The Morgan fingerprint density at radius 1 is 1.23 bits per heavy atom. The molecule has 0 radical (unpaired) electrons. The second kappa shape index (κ2) is 13.3. The van der Waals surface area contributed by atoms with Crippen molar-refractivity contribution in [1.29, 1.82) is 0 Å². The van der Waals surface area contributed by atoms with E-state index in [1.54, 1.807) is 44.4 Å². The van der Waals surface area contributed by atoms with Gasteiger partial charge in [0.1, 0.15) is 23.4 Å². The van der Waals surface area contributed by atoms with Crippen molar-refractivity contribution in [3.63, 3.8) is 0 Å². The molecular formula is C32H41N5O8S2. The van der Waals surface area contributed by atoms with Crippen LogP contribution in [0, 0.1) is 17.3 Å². The summed E-state index contributed by atoms with van der Waals surface area (Å²) in [5, 5.41) is 8.70. The number of thiophene rings is 1. The molecule has 0 bridgehead atoms. The number of carbonyl (C=O) groups is 4. The van der Waals surface area contributed by atoms with Crippen molar-refractivity contribution >= 4 is 45.2 Å². The average molecular weight is 688 g/mol. The molecule has 0 spiro atoms. The standard InChI is InChI=1S/C32H41N5O8S2/c1-6-21-15-32(21,29(40)36-47(42,43)23-7-8-23)35-27(38)25-13-19(16-37(25)28(39)26(31(2,3)4)34-30(41)44-5)17-45-22-9-11-33-24(14-22)20-10-12-46-18-20/h6,9-12,14,18-19,21,23,25-26H,1,7-8,13,15-17H2,2-5H3,(H,34,41)(H,35,38)(H,36,40). The molecule has 5 rings (SSSR count). The molecule has 3 aliphatic rings. The van der Waals surface area contributed by atoms with Crippen LogP contribution in [-0.4, -0.2) is 85.3 Å². The number of carbonyl (C=O) groups excluding carboxylic acids is 4. The summed E-state index contributed by atoms with van der Waals surface area (Å²) >= 11 is 1.56. The summed E-state index contributed by atoms with van der Waals surface area (Å²) in [5.41, 5.74) is -0.549. The quantitative estimate of drug-likeness (QED) is 0.284. The van der Waals surface area contributed by atoms with Gasteiger partial charge < -0.3 is 25.0 Å². The molecule has 3 N–H and O–H groups in total. The van der Waals surface area contributed by atoms with E-state index < -0.39 is 68.0 Å². The molecule has 0 aromatic carbocycles. The maximum absolute atomic E-state index is 14.1. The largest absolute Gasteiger partial charge is 0.493 e. The van der Waals surface area contributed by atoms with E-state index in [0.717, 1.165) is 11.3 Å². The van der Waals surface area contributed by atoms with Crippen LogP contribution in [0.3, 0.4) is 0 Å². The highest BCUT2D eigenvalue weighted by Gasteiger charge is 2.62. The lowest BCUT2D eigenvalue weighted by molar-refractivity contribution is -0.142. The van der Waals surface area contributed by atoms with Crippen molar-refractivity contribution in [2.24, 2.45) is 17.3 Å². The fraction of sp³-hybridized carbons (Fsp3) is 0.531. The van der Waals surface area contributed by atoms with Gasteiger partial charge in [-0.1, -0.05) is 26.8 Å². The minimum absolute atomic E-state index is 0.134. The van der Waals surface area contributed by atoms with Gasteiger partial charge in [-0.25, -0.2) is 13.2 Å². The van der Waals surface area contributed by atoms with Crippen molar-refractivity contribution < 1.29 is 37.1 Å². The van der Waals surface area contributed by atoms with Crippen LogP contribution in [0.4, 0.5) is 4.79 Å². The molecule has 2 aromatic rings. The summed E-state index contributed by atoms with van der Waals surface area (Å²) < 4.78 is 38.2. The normalized spacial score (nSPS) is 24.5. The first kappa shape index (κ1) is 34.4. The maximum Gasteiger partial charge on any atom is 0.407 e. The van der Waals surface area contributed by atoms with E-state index in [-0.39, 0.29) is 31.9 Å². The molecule has 3 fully saturated rings. The number of hydrogen-bond acceptors (Lipinski definition) is 10. The first-order valence-electron chi connectivity index (χ1n) is 15.5. The number of methoxy groups -OCH3 is 1. The molecule has 13 nitrogen and oxygen atoms in total. The molecule has 1 aliphatic heterocycles. The van der Waals surface area contributed by atoms with Crippen LogP contribution in [0.15, 0.2) is 47.8 Å². The van der Waals surface area contributed by atoms with Gasteiger partial charge in [-0.2, -0.15) is 11.3 Å². The van der Waals surface area contributed by atoms with Crippen LogP contribution < -0.4 is 20.1 Å². The van der Waals surface area contributed by atoms with E-state index in [9.17, 15) is 27.6 Å². The number of nitrogens with zero attached hydrogens (tertiary/aromatic N) is 2. The Labute approximate surface area is 278 Å². The monoisotopic (exact) mass is 687 g/mol. The van der Waals surface area contributed by atoms with Crippen molar-refractivity contribution in [2.75, 3.05) is 20.3 Å². The van der Waals surface area contributed by atoms with E-state index in [4.69, 9.17) is 9.47 Å². The lowest BCUT2D eigenvalue weighted by atomic mass is 9.85. The van der Waals surface area contributed by atoms with Gasteiger partial charge in [0.15, 0.2) is 0 Å². The van der Waals surface area contributed by atoms with Crippen molar-refractivity contribution in [3.05, 3.63) is 47.8 Å². The predicted octanol–water partition coefficient (Wildman–Crippen LogP) is 2.85. The van der Waals surface area contributed by atoms with Gasteiger partial charge in [0.05, 0.1) is 24.7 Å². The number of sulfonamides is 1. The topological polar surface area (TPSA) is 173 Å². The number of rotatable bonds is 12. The van der Waals surface area contributed by atoms with Gasteiger partial charge in [0.25, 0.3) is 5.91 Å². The third kappa shape index (κ3) is 7.61. The fourth-order valence-corrected chi connectivity index (χ4v) is 7.84. The van der Waals surface area contributed by atoms with E-state index in [2.05, 4.69) is 26.9 Å². The van der Waals surface area contributed by atoms with Crippen molar-refractivity contribution in [2.45, 2.75) is 69.3 Å². The zero-order chi connectivity index (χ0) is 34.1. The fourth-order valence-electron chi connectivity index (χ4n) is 5.83. The number of amides is 4. The minimum Gasteiger partial charge on any atom is -0.493 e. The Morgan fingerprint density at radius 2 is 1.98 bits per heavy atom. The highest BCUT2D eigenvalue weighted by molar-refractivity contribution is 7.91. The van der Waals surface area contributed by atoms with Crippen LogP contribution in [0.25, 0.3) is 11.3 Å². The van der Waals surface area contributed by atoms with Gasteiger partial charge in [0, 0.05) is 41.6 Å². The lowest BCUT2D eigenvalue weighted by Gasteiger charge is -2.35. The number of aromatic nitrogens is 1. The third-order valence-corrected chi connectivity index (χ3v) is 11.3. The average Bonchev–Trinajstić information content (AvgIpc) is 3.89. The molecule has 47 heavy (non-hydrogen) atoms. The molecule has 2 aliphatic carbocycles. The summed E-state index contributed by atoms with van der Waals surface area (Å²) in [6, 6.07) is 3.44. The van der Waals surface area contributed by atoms with Gasteiger partial charge in [-0.3, -0.25) is 24.1 Å². The summed E-state index contributed by atoms with van der Waals surface area (Å²) in [6.45, 7) is 9.40. The van der Waals surface area contributed by atoms with Gasteiger partial charge in [-0.05, 0) is 48.6 Å². The molecule has 2 saturated carbocycles. The first-order chi connectivity index (χ1) is 22.2. The number of pyridine rings is 1. The van der Waals surface area contributed by atoms with E-state index >= 15 is 0 Å². The third-order valence-electron chi connectivity index (χ3n) is 8.82. The van der Waals surface area contributed by atoms with Crippen LogP contribution in [-0.2, 0) is 29.1 Å². The zero-order valence-electron chi connectivity index (χ0n) is 26.9. The zero-order valence-corrected chi connectivity index (χ0v) is 28.5. The molecule has 254 valence electrons. The number of ether oxygens (including phenoxy) is 2. The lowest BCUT2D eigenvalue weighted by Crippen LogP contribution is -2.60. The van der Waals surface area contributed by atoms with Crippen molar-refractivity contribution in [3.8, 4) is 17.0 Å². The molecule has 4 amide bonds. The maximum atomic E-state index is 14.1. The van der Waals surface area contributed by atoms with Crippen molar-refractivity contribution in [1.82, 2.24) is 25.2 Å². The second-order valence-electron chi connectivity index (χ2n) is 13.4. The number of hydrogen-bond donors (Lipinski definition) is 3. The molecule has 1 saturated heterocycles. The van der Waals surface area contributed by atoms with E-state index in [1.165, 1.54) is 18.1 Å². The second-order valence-corrected chi connectivity index (χ2v) is 16.2. The summed E-state index contributed by atoms with van der Waals surface area (Å²) in [6.07, 6.45) is 3.67. The van der Waals surface area contributed by atoms with E-state index in [0.29, 0.717) is 18.6 Å². The predicted molar refractivity (Wildman–Crippen MR) is 175 cm³/mol.